The lowest BCUT2D eigenvalue weighted by molar-refractivity contribution is 0.454. The highest BCUT2D eigenvalue weighted by molar-refractivity contribution is 7.89. The molecule has 0 amide bonds. The summed E-state index contributed by atoms with van der Waals surface area (Å²) in [7, 11) is -1.76. The average molecular weight is 245 g/mol. The Hall–Kier alpha value is -0.880. The number of aromatic amines is 1. The molecule has 0 aliphatic rings. The van der Waals surface area contributed by atoms with Crippen LogP contribution in [0.4, 0.5) is 0 Å². The summed E-state index contributed by atoms with van der Waals surface area (Å²) in [6.45, 7) is 4.36. The first-order valence-electron chi connectivity index (χ1n) is 5.46. The topological polar surface area (TPSA) is 66.1 Å². The highest BCUT2D eigenvalue weighted by Crippen LogP contribution is 2.16. The number of sulfonamides is 1. The van der Waals surface area contributed by atoms with Gasteiger partial charge in [-0.3, -0.25) is 5.10 Å². The molecule has 1 N–H and O–H groups in total. The summed E-state index contributed by atoms with van der Waals surface area (Å²) in [5.74, 6) is 0. The average Bonchev–Trinajstić information content (AvgIpc) is 2.65. The minimum Gasteiger partial charge on any atom is -0.281 e. The molecule has 0 fully saturated rings. The van der Waals surface area contributed by atoms with Crippen LogP contribution in [0.2, 0.25) is 0 Å². The third-order valence-corrected chi connectivity index (χ3v) is 4.52. The normalized spacial score (nSPS) is 12.2. The van der Waals surface area contributed by atoms with Gasteiger partial charge < -0.3 is 0 Å². The van der Waals surface area contributed by atoms with Crippen LogP contribution in [-0.2, 0) is 10.0 Å². The lowest BCUT2D eigenvalue weighted by Crippen LogP contribution is -2.28. The van der Waals surface area contributed by atoms with Crippen molar-refractivity contribution in [1.29, 1.82) is 0 Å². The summed E-state index contributed by atoms with van der Waals surface area (Å²) in [5.41, 5.74) is 0.586. The van der Waals surface area contributed by atoms with Crippen molar-refractivity contribution in [2.45, 2.75) is 38.0 Å². The summed E-state index contributed by atoms with van der Waals surface area (Å²) in [6, 6.07) is 0. The van der Waals surface area contributed by atoms with Crippen molar-refractivity contribution in [2.75, 3.05) is 13.6 Å². The van der Waals surface area contributed by atoms with E-state index in [0.717, 1.165) is 19.3 Å². The van der Waals surface area contributed by atoms with Crippen LogP contribution >= 0.6 is 0 Å². The molecular weight excluding hydrogens is 226 g/mol. The van der Waals surface area contributed by atoms with Gasteiger partial charge in [0.1, 0.15) is 4.90 Å². The monoisotopic (exact) mass is 245 g/mol. The van der Waals surface area contributed by atoms with Crippen molar-refractivity contribution in [1.82, 2.24) is 14.5 Å². The number of nitrogens with one attached hydrogen (secondary N) is 1. The molecule has 5 nitrogen and oxygen atoms in total. The fourth-order valence-corrected chi connectivity index (χ4v) is 2.80. The summed E-state index contributed by atoms with van der Waals surface area (Å²) < 4.78 is 25.5. The third kappa shape index (κ3) is 2.82. The van der Waals surface area contributed by atoms with Crippen LogP contribution in [0, 0.1) is 6.92 Å². The fraction of sp³-hybridized carbons (Fsp3) is 0.700. The van der Waals surface area contributed by atoms with Crippen molar-refractivity contribution < 1.29 is 8.42 Å². The Morgan fingerprint density at radius 1 is 1.44 bits per heavy atom. The maximum absolute atomic E-state index is 12.1. The zero-order valence-corrected chi connectivity index (χ0v) is 10.8. The maximum Gasteiger partial charge on any atom is 0.246 e. The number of hydrogen-bond acceptors (Lipinski definition) is 3. The second-order valence-electron chi connectivity index (χ2n) is 3.89. The van der Waals surface area contributed by atoms with E-state index in [4.69, 9.17) is 0 Å². The Morgan fingerprint density at radius 2 is 2.12 bits per heavy atom. The lowest BCUT2D eigenvalue weighted by Gasteiger charge is -2.16. The third-order valence-electron chi connectivity index (χ3n) is 2.55. The van der Waals surface area contributed by atoms with E-state index >= 15 is 0 Å². The molecule has 0 aliphatic carbocycles. The number of hydrogen-bond donors (Lipinski definition) is 1. The van der Waals surface area contributed by atoms with E-state index in [9.17, 15) is 8.42 Å². The van der Waals surface area contributed by atoms with E-state index in [0.29, 0.717) is 12.2 Å². The first kappa shape index (κ1) is 13.2. The molecule has 0 saturated heterocycles. The predicted molar refractivity (Wildman–Crippen MR) is 62.7 cm³/mol. The van der Waals surface area contributed by atoms with Gasteiger partial charge in [0.15, 0.2) is 0 Å². The largest absolute Gasteiger partial charge is 0.281 e. The Bertz CT molecular complexity index is 425. The van der Waals surface area contributed by atoms with Crippen molar-refractivity contribution in [3.05, 3.63) is 11.9 Å². The smallest absolute Gasteiger partial charge is 0.246 e. The van der Waals surface area contributed by atoms with Gasteiger partial charge in [-0.05, 0) is 13.3 Å². The zero-order chi connectivity index (χ0) is 12.2. The molecule has 1 aromatic heterocycles. The van der Waals surface area contributed by atoms with Gasteiger partial charge in [-0.15, -0.1) is 0 Å². The van der Waals surface area contributed by atoms with Crippen LogP contribution in [0.15, 0.2) is 11.1 Å². The summed E-state index contributed by atoms with van der Waals surface area (Å²) in [4.78, 5) is 0.270. The van der Waals surface area contributed by atoms with Crippen molar-refractivity contribution in [2.24, 2.45) is 0 Å². The minimum absolute atomic E-state index is 0.270. The van der Waals surface area contributed by atoms with Gasteiger partial charge >= 0.3 is 0 Å². The first-order chi connectivity index (χ1) is 7.50. The molecule has 0 spiro atoms. The molecule has 0 unspecified atom stereocenters. The molecule has 0 saturated carbocycles. The van der Waals surface area contributed by atoms with Crippen molar-refractivity contribution in [3.8, 4) is 0 Å². The number of nitrogens with zero attached hydrogens (tertiary/aromatic N) is 2. The van der Waals surface area contributed by atoms with E-state index in [1.54, 1.807) is 14.0 Å². The highest BCUT2D eigenvalue weighted by atomic mass is 32.2. The Balaban J connectivity index is 2.75. The molecular formula is C10H19N3O2S. The van der Waals surface area contributed by atoms with Gasteiger partial charge in [0.25, 0.3) is 0 Å². The molecule has 1 heterocycles. The van der Waals surface area contributed by atoms with E-state index in [1.165, 1.54) is 10.5 Å². The van der Waals surface area contributed by atoms with E-state index < -0.39 is 10.0 Å². The summed E-state index contributed by atoms with van der Waals surface area (Å²) in [5, 5.41) is 6.38. The van der Waals surface area contributed by atoms with Gasteiger partial charge in [0.05, 0.1) is 11.9 Å². The van der Waals surface area contributed by atoms with Crippen LogP contribution in [0.25, 0.3) is 0 Å². The van der Waals surface area contributed by atoms with Crippen molar-refractivity contribution >= 4 is 10.0 Å². The zero-order valence-electron chi connectivity index (χ0n) is 10.0. The Labute approximate surface area is 96.9 Å². The second kappa shape index (κ2) is 5.45. The van der Waals surface area contributed by atoms with E-state index in [2.05, 4.69) is 17.1 Å². The molecule has 92 valence electrons. The number of H-pyrrole nitrogens is 1. The Morgan fingerprint density at radius 3 is 2.62 bits per heavy atom. The molecule has 1 rings (SSSR count). The highest BCUT2D eigenvalue weighted by Gasteiger charge is 2.23. The standard InChI is InChI=1S/C10H19N3O2S/c1-4-5-6-7-13(3)16(14,15)10-8-11-12-9(10)2/h8H,4-7H2,1-3H3,(H,11,12). The number of aromatic nitrogens is 2. The Kier molecular flexibility index (Phi) is 4.49. The number of rotatable bonds is 6. The van der Waals surface area contributed by atoms with Crippen LogP contribution in [0.1, 0.15) is 31.9 Å². The molecule has 6 heteroatoms. The van der Waals surface area contributed by atoms with Gasteiger partial charge in [-0.1, -0.05) is 19.8 Å². The lowest BCUT2D eigenvalue weighted by atomic mass is 10.2. The molecule has 16 heavy (non-hydrogen) atoms. The van der Waals surface area contributed by atoms with Crippen molar-refractivity contribution in [3.63, 3.8) is 0 Å². The predicted octanol–water partition coefficient (Wildman–Crippen LogP) is 1.53. The molecule has 0 radical (unpaired) electrons. The van der Waals surface area contributed by atoms with Gasteiger partial charge in [0.2, 0.25) is 10.0 Å². The molecule has 0 atom stereocenters. The maximum atomic E-state index is 12.1. The molecule has 0 aromatic carbocycles. The van der Waals surface area contributed by atoms with E-state index in [-0.39, 0.29) is 4.90 Å². The molecule has 0 bridgehead atoms. The molecule has 1 aromatic rings. The van der Waals surface area contributed by atoms with Gasteiger partial charge in [-0.25, -0.2) is 12.7 Å². The van der Waals surface area contributed by atoms with Gasteiger partial charge in [0, 0.05) is 13.6 Å². The SMILES string of the molecule is CCCCCN(C)S(=O)(=O)c1cn[nH]c1C. The van der Waals surface area contributed by atoms with Crippen LogP contribution in [-0.4, -0.2) is 36.5 Å². The minimum atomic E-state index is -3.37. The first-order valence-corrected chi connectivity index (χ1v) is 6.90. The number of unbranched alkanes of at least 4 members (excludes halogenated alkanes) is 2. The number of aryl methyl sites for hydroxylation is 1. The van der Waals surface area contributed by atoms with Gasteiger partial charge in [-0.2, -0.15) is 5.10 Å². The van der Waals surface area contributed by atoms with Crippen LogP contribution in [0.5, 0.6) is 0 Å². The summed E-state index contributed by atoms with van der Waals surface area (Å²) >= 11 is 0. The second-order valence-corrected chi connectivity index (χ2v) is 5.91. The van der Waals surface area contributed by atoms with Crippen LogP contribution in [0.3, 0.4) is 0 Å². The fourth-order valence-electron chi connectivity index (χ4n) is 1.47. The van der Waals surface area contributed by atoms with E-state index in [1.807, 2.05) is 0 Å². The summed E-state index contributed by atoms with van der Waals surface area (Å²) in [6.07, 6.45) is 4.38. The quantitative estimate of drug-likeness (QED) is 0.773. The van der Waals surface area contributed by atoms with Crippen LogP contribution < -0.4 is 0 Å². The molecule has 0 aliphatic heterocycles.